The number of piperidine rings is 1. The number of carbonyl (C=O) groups excluding carboxylic acids is 2. The van der Waals surface area contributed by atoms with E-state index in [4.69, 9.17) is 10.5 Å². The maximum absolute atomic E-state index is 11.8. The Morgan fingerprint density at radius 2 is 1.92 bits per heavy atom. The zero-order valence-corrected chi connectivity index (χ0v) is 13.9. The topological polar surface area (TPSA) is 75.9 Å². The Morgan fingerprint density at radius 1 is 1.17 bits per heavy atom. The standard InChI is InChI=1S/C18H25N3O3/c19-17(22)13-24-18(23)21-10-6-14(7-11-21)5-9-20-12-8-15-3-1-2-4-16(15)20/h1-4,14H,5-13H2,(H2,19,22). The summed E-state index contributed by atoms with van der Waals surface area (Å²) >= 11 is 0. The van der Waals surface area contributed by atoms with E-state index in [1.54, 1.807) is 4.90 Å². The number of fused-ring (bicyclic) bond motifs is 1. The highest BCUT2D eigenvalue weighted by Gasteiger charge is 2.25. The number of ether oxygens (including phenoxy) is 1. The van der Waals surface area contributed by atoms with Crippen molar-refractivity contribution >= 4 is 17.7 Å². The van der Waals surface area contributed by atoms with Crippen molar-refractivity contribution in [3.63, 3.8) is 0 Å². The molecule has 0 bridgehead atoms. The SMILES string of the molecule is NC(=O)COC(=O)N1CCC(CCN2CCc3ccccc32)CC1. The smallest absolute Gasteiger partial charge is 0.410 e. The lowest BCUT2D eigenvalue weighted by Crippen LogP contribution is -2.40. The van der Waals surface area contributed by atoms with Crippen molar-refractivity contribution in [2.24, 2.45) is 11.7 Å². The van der Waals surface area contributed by atoms with Crippen molar-refractivity contribution < 1.29 is 14.3 Å². The van der Waals surface area contributed by atoms with Gasteiger partial charge in [0.05, 0.1) is 0 Å². The molecule has 2 aliphatic rings. The van der Waals surface area contributed by atoms with Crippen LogP contribution >= 0.6 is 0 Å². The highest BCUT2D eigenvalue weighted by Crippen LogP contribution is 2.29. The van der Waals surface area contributed by atoms with Gasteiger partial charge in [0.25, 0.3) is 5.91 Å². The number of carbonyl (C=O) groups is 2. The average molecular weight is 331 g/mol. The van der Waals surface area contributed by atoms with Gasteiger partial charge in [-0.2, -0.15) is 0 Å². The van der Waals surface area contributed by atoms with Crippen LogP contribution in [0.25, 0.3) is 0 Å². The Labute approximate surface area is 142 Å². The van der Waals surface area contributed by atoms with Crippen molar-refractivity contribution in [1.82, 2.24) is 4.90 Å². The maximum atomic E-state index is 11.8. The summed E-state index contributed by atoms with van der Waals surface area (Å²) in [6.45, 7) is 3.23. The number of nitrogens with zero attached hydrogens (tertiary/aromatic N) is 2. The Balaban J connectivity index is 1.40. The van der Waals surface area contributed by atoms with E-state index in [9.17, 15) is 9.59 Å². The van der Waals surface area contributed by atoms with Crippen LogP contribution in [0.5, 0.6) is 0 Å². The molecule has 0 atom stereocenters. The Bertz CT molecular complexity index is 597. The molecule has 2 heterocycles. The Hall–Kier alpha value is -2.24. The molecule has 0 saturated carbocycles. The van der Waals surface area contributed by atoms with E-state index in [2.05, 4.69) is 29.2 Å². The molecule has 2 N–H and O–H groups in total. The first-order valence-corrected chi connectivity index (χ1v) is 8.66. The zero-order valence-electron chi connectivity index (χ0n) is 13.9. The number of anilines is 1. The van der Waals surface area contributed by atoms with Gasteiger partial charge in [0, 0.05) is 31.9 Å². The fourth-order valence-corrected chi connectivity index (χ4v) is 3.61. The first-order chi connectivity index (χ1) is 11.6. The molecule has 2 aliphatic heterocycles. The highest BCUT2D eigenvalue weighted by atomic mass is 16.6. The van der Waals surface area contributed by atoms with Gasteiger partial charge in [0.1, 0.15) is 0 Å². The molecule has 1 fully saturated rings. The van der Waals surface area contributed by atoms with Crippen LogP contribution in [0, 0.1) is 5.92 Å². The number of nitrogens with two attached hydrogens (primary N) is 1. The summed E-state index contributed by atoms with van der Waals surface area (Å²) in [5, 5.41) is 0. The van der Waals surface area contributed by atoms with E-state index in [0.717, 1.165) is 38.8 Å². The van der Waals surface area contributed by atoms with Crippen LogP contribution < -0.4 is 10.6 Å². The lowest BCUT2D eigenvalue weighted by molar-refractivity contribution is -0.121. The molecule has 0 radical (unpaired) electrons. The Morgan fingerprint density at radius 3 is 2.67 bits per heavy atom. The minimum Gasteiger partial charge on any atom is -0.439 e. The van der Waals surface area contributed by atoms with Gasteiger partial charge in [-0.25, -0.2) is 4.79 Å². The van der Waals surface area contributed by atoms with Crippen molar-refractivity contribution in [2.75, 3.05) is 37.7 Å². The van der Waals surface area contributed by atoms with Crippen LogP contribution in [0.1, 0.15) is 24.8 Å². The van der Waals surface area contributed by atoms with E-state index < -0.39 is 12.0 Å². The summed E-state index contributed by atoms with van der Waals surface area (Å²) in [4.78, 5) is 26.6. The van der Waals surface area contributed by atoms with Crippen molar-refractivity contribution in [3.8, 4) is 0 Å². The molecular weight excluding hydrogens is 306 g/mol. The quantitative estimate of drug-likeness (QED) is 0.892. The average Bonchev–Trinajstić information content (AvgIpc) is 3.01. The molecular formula is C18H25N3O3. The summed E-state index contributed by atoms with van der Waals surface area (Å²) in [5.41, 5.74) is 7.81. The summed E-state index contributed by atoms with van der Waals surface area (Å²) in [6.07, 6.45) is 3.84. The number of primary amides is 1. The third kappa shape index (κ3) is 3.99. The number of likely N-dealkylation sites (tertiary alicyclic amines) is 1. The van der Waals surface area contributed by atoms with Crippen molar-refractivity contribution in [1.29, 1.82) is 0 Å². The number of para-hydroxylation sites is 1. The predicted molar refractivity (Wildman–Crippen MR) is 91.8 cm³/mol. The van der Waals surface area contributed by atoms with Crippen molar-refractivity contribution in [2.45, 2.75) is 25.7 Å². The monoisotopic (exact) mass is 331 g/mol. The van der Waals surface area contributed by atoms with Gasteiger partial charge in [-0.05, 0) is 43.2 Å². The van der Waals surface area contributed by atoms with Crippen LogP contribution in [0.2, 0.25) is 0 Å². The molecule has 6 nitrogen and oxygen atoms in total. The summed E-state index contributed by atoms with van der Waals surface area (Å²) in [7, 11) is 0. The zero-order chi connectivity index (χ0) is 16.9. The second-order valence-corrected chi connectivity index (χ2v) is 6.61. The second-order valence-electron chi connectivity index (χ2n) is 6.61. The number of benzene rings is 1. The van der Waals surface area contributed by atoms with Gasteiger partial charge < -0.3 is 20.3 Å². The van der Waals surface area contributed by atoms with Crippen LogP contribution in [0.3, 0.4) is 0 Å². The molecule has 130 valence electrons. The van der Waals surface area contributed by atoms with Crippen molar-refractivity contribution in [3.05, 3.63) is 29.8 Å². The van der Waals surface area contributed by atoms with Gasteiger partial charge in [-0.1, -0.05) is 18.2 Å². The highest BCUT2D eigenvalue weighted by molar-refractivity contribution is 5.78. The third-order valence-electron chi connectivity index (χ3n) is 5.00. The number of hydrogen-bond acceptors (Lipinski definition) is 4. The van der Waals surface area contributed by atoms with E-state index in [1.165, 1.54) is 11.3 Å². The molecule has 0 spiro atoms. The van der Waals surface area contributed by atoms with E-state index in [0.29, 0.717) is 19.0 Å². The van der Waals surface area contributed by atoms with Gasteiger partial charge in [0.15, 0.2) is 6.61 Å². The van der Waals surface area contributed by atoms with E-state index in [-0.39, 0.29) is 6.61 Å². The van der Waals surface area contributed by atoms with Gasteiger partial charge >= 0.3 is 6.09 Å². The largest absolute Gasteiger partial charge is 0.439 e. The molecule has 1 saturated heterocycles. The molecule has 24 heavy (non-hydrogen) atoms. The van der Waals surface area contributed by atoms with Crippen LogP contribution in [0.15, 0.2) is 24.3 Å². The lowest BCUT2D eigenvalue weighted by Gasteiger charge is -2.32. The van der Waals surface area contributed by atoms with E-state index >= 15 is 0 Å². The Kier molecular flexibility index (Phi) is 5.23. The molecule has 2 amide bonds. The molecule has 6 heteroatoms. The fourth-order valence-electron chi connectivity index (χ4n) is 3.61. The maximum Gasteiger partial charge on any atom is 0.410 e. The summed E-state index contributed by atoms with van der Waals surface area (Å²) in [6, 6.07) is 8.63. The molecule has 0 unspecified atom stereocenters. The minimum atomic E-state index is -0.621. The number of amides is 2. The lowest BCUT2D eigenvalue weighted by atomic mass is 9.93. The first-order valence-electron chi connectivity index (χ1n) is 8.66. The first kappa shape index (κ1) is 16.6. The fraction of sp³-hybridized carbons (Fsp3) is 0.556. The third-order valence-corrected chi connectivity index (χ3v) is 5.00. The molecule has 0 aromatic heterocycles. The predicted octanol–water partition coefficient (Wildman–Crippen LogP) is 1.77. The molecule has 0 aliphatic carbocycles. The van der Waals surface area contributed by atoms with Gasteiger partial charge in [0.2, 0.25) is 0 Å². The minimum absolute atomic E-state index is 0.340. The second kappa shape index (κ2) is 7.55. The normalized spacial score (nSPS) is 17.7. The summed E-state index contributed by atoms with van der Waals surface area (Å²) in [5.74, 6) is 0.0158. The van der Waals surface area contributed by atoms with E-state index in [1.807, 2.05) is 0 Å². The number of rotatable bonds is 5. The van der Waals surface area contributed by atoms with Gasteiger partial charge in [-0.3, -0.25) is 4.79 Å². The molecule has 1 aromatic carbocycles. The van der Waals surface area contributed by atoms with Crippen LogP contribution in [-0.4, -0.2) is 49.7 Å². The van der Waals surface area contributed by atoms with Gasteiger partial charge in [-0.15, -0.1) is 0 Å². The summed E-state index contributed by atoms with van der Waals surface area (Å²) < 4.78 is 4.86. The molecule has 1 aromatic rings. The molecule has 3 rings (SSSR count). The number of hydrogen-bond donors (Lipinski definition) is 1. The van der Waals surface area contributed by atoms with Crippen LogP contribution in [0.4, 0.5) is 10.5 Å². The van der Waals surface area contributed by atoms with Crippen LogP contribution in [-0.2, 0) is 16.0 Å².